The molecule has 0 spiro atoms. The minimum Gasteiger partial charge on any atom is -0.311 e. The van der Waals surface area contributed by atoms with Gasteiger partial charge in [0.25, 0.3) is 0 Å². The molecule has 0 bridgehead atoms. The van der Waals surface area contributed by atoms with E-state index < -0.39 is 0 Å². The molecule has 6 heteroatoms. The SMILES string of the molecule is CC(C)CCNCc1nn(Cc2ccc(Cl)c(Cl)c2)nc1-c1ccccc1. The highest BCUT2D eigenvalue weighted by Crippen LogP contribution is 2.24. The molecule has 27 heavy (non-hydrogen) atoms. The van der Waals surface area contributed by atoms with Crippen molar-refractivity contribution in [3.8, 4) is 11.3 Å². The molecule has 1 N–H and O–H groups in total. The van der Waals surface area contributed by atoms with E-state index >= 15 is 0 Å². The van der Waals surface area contributed by atoms with E-state index in [1.165, 1.54) is 0 Å². The molecule has 1 aromatic heterocycles. The molecule has 0 amide bonds. The van der Waals surface area contributed by atoms with Crippen molar-refractivity contribution in [1.82, 2.24) is 20.3 Å². The zero-order chi connectivity index (χ0) is 19.2. The highest BCUT2D eigenvalue weighted by Gasteiger charge is 2.13. The highest BCUT2D eigenvalue weighted by molar-refractivity contribution is 6.42. The lowest BCUT2D eigenvalue weighted by atomic mass is 10.1. The number of nitrogens with one attached hydrogen (secondary N) is 1. The van der Waals surface area contributed by atoms with Gasteiger partial charge in [-0.15, -0.1) is 0 Å². The van der Waals surface area contributed by atoms with E-state index in [1.54, 1.807) is 10.9 Å². The molecule has 0 aliphatic carbocycles. The first kappa shape index (κ1) is 19.9. The fourth-order valence-corrected chi connectivity index (χ4v) is 3.11. The summed E-state index contributed by atoms with van der Waals surface area (Å²) in [6.45, 7) is 6.65. The molecule has 3 aromatic rings. The second-order valence-electron chi connectivity index (χ2n) is 7.00. The molecule has 2 aromatic carbocycles. The van der Waals surface area contributed by atoms with Crippen LogP contribution in [0.1, 0.15) is 31.5 Å². The summed E-state index contributed by atoms with van der Waals surface area (Å²) in [5, 5.41) is 14.0. The topological polar surface area (TPSA) is 42.7 Å². The van der Waals surface area contributed by atoms with Crippen molar-refractivity contribution in [2.45, 2.75) is 33.4 Å². The molecule has 0 radical (unpaired) electrons. The minimum atomic E-state index is 0.542. The Labute approximate surface area is 170 Å². The number of nitrogens with zero attached hydrogens (tertiary/aromatic N) is 3. The van der Waals surface area contributed by atoms with Crippen LogP contribution in [0, 0.1) is 5.92 Å². The Morgan fingerprint density at radius 3 is 2.48 bits per heavy atom. The van der Waals surface area contributed by atoms with Crippen molar-refractivity contribution in [1.29, 1.82) is 0 Å². The molecule has 3 rings (SSSR count). The monoisotopic (exact) mass is 402 g/mol. The number of rotatable bonds is 8. The average Bonchev–Trinajstić information content (AvgIpc) is 3.05. The number of hydrogen-bond donors (Lipinski definition) is 1. The zero-order valence-corrected chi connectivity index (χ0v) is 17.1. The number of benzene rings is 2. The van der Waals surface area contributed by atoms with E-state index in [1.807, 2.05) is 30.3 Å². The van der Waals surface area contributed by atoms with Crippen LogP contribution in [0.5, 0.6) is 0 Å². The third-order valence-corrected chi connectivity index (χ3v) is 5.01. The smallest absolute Gasteiger partial charge is 0.117 e. The lowest BCUT2D eigenvalue weighted by molar-refractivity contribution is 0.529. The lowest BCUT2D eigenvalue weighted by Gasteiger charge is -2.06. The van der Waals surface area contributed by atoms with Crippen LogP contribution in [0.3, 0.4) is 0 Å². The van der Waals surface area contributed by atoms with Crippen LogP contribution in [0.2, 0.25) is 10.0 Å². The molecule has 4 nitrogen and oxygen atoms in total. The summed E-state index contributed by atoms with van der Waals surface area (Å²) in [5.74, 6) is 0.677. The normalized spacial score (nSPS) is 11.3. The van der Waals surface area contributed by atoms with Crippen molar-refractivity contribution in [2.24, 2.45) is 5.92 Å². The van der Waals surface area contributed by atoms with Gasteiger partial charge >= 0.3 is 0 Å². The molecule has 0 aliphatic rings. The van der Waals surface area contributed by atoms with Crippen LogP contribution in [0.25, 0.3) is 11.3 Å². The Bertz CT molecular complexity index is 875. The van der Waals surface area contributed by atoms with Gasteiger partial charge in [0.1, 0.15) is 11.4 Å². The van der Waals surface area contributed by atoms with E-state index in [0.29, 0.717) is 29.1 Å². The number of halogens is 2. The summed E-state index contributed by atoms with van der Waals surface area (Å²) in [4.78, 5) is 1.72. The van der Waals surface area contributed by atoms with Crippen LogP contribution in [-0.2, 0) is 13.1 Å². The molecule has 0 aliphatic heterocycles. The summed E-state index contributed by atoms with van der Waals surface area (Å²) >= 11 is 12.1. The molecule has 1 heterocycles. The Kier molecular flexibility index (Phi) is 6.89. The second kappa shape index (κ2) is 9.36. The summed E-state index contributed by atoms with van der Waals surface area (Å²) in [5.41, 5.74) is 3.94. The van der Waals surface area contributed by atoms with Crippen molar-refractivity contribution < 1.29 is 0 Å². The first-order chi connectivity index (χ1) is 13.0. The van der Waals surface area contributed by atoms with Gasteiger partial charge in [0, 0.05) is 12.1 Å². The molecule has 0 unspecified atom stereocenters. The number of aromatic nitrogens is 3. The van der Waals surface area contributed by atoms with Crippen LogP contribution < -0.4 is 5.32 Å². The maximum Gasteiger partial charge on any atom is 0.117 e. The summed E-state index contributed by atoms with van der Waals surface area (Å²) in [7, 11) is 0. The molecule has 0 atom stereocenters. The standard InChI is InChI=1S/C21H24Cl2N4/c1-15(2)10-11-24-13-20-21(17-6-4-3-5-7-17)26-27(25-20)14-16-8-9-18(22)19(23)12-16/h3-9,12,15,24H,10-11,13-14H2,1-2H3. The van der Waals surface area contributed by atoms with Crippen molar-refractivity contribution in [2.75, 3.05) is 6.54 Å². The molecule has 0 saturated heterocycles. The Hall–Kier alpha value is -1.88. The van der Waals surface area contributed by atoms with Crippen LogP contribution in [-0.4, -0.2) is 21.5 Å². The second-order valence-corrected chi connectivity index (χ2v) is 7.81. The molecular formula is C21H24Cl2N4. The molecular weight excluding hydrogens is 379 g/mol. The van der Waals surface area contributed by atoms with Crippen LogP contribution in [0.15, 0.2) is 48.5 Å². The van der Waals surface area contributed by atoms with Crippen molar-refractivity contribution in [3.05, 3.63) is 69.8 Å². The summed E-state index contributed by atoms with van der Waals surface area (Å²) in [6.07, 6.45) is 1.14. The molecule has 142 valence electrons. The first-order valence-corrected chi connectivity index (χ1v) is 9.92. The quantitative estimate of drug-likeness (QED) is 0.510. The Morgan fingerprint density at radius 2 is 1.78 bits per heavy atom. The van der Waals surface area contributed by atoms with Gasteiger partial charge in [-0.25, -0.2) is 0 Å². The van der Waals surface area contributed by atoms with Crippen molar-refractivity contribution >= 4 is 23.2 Å². The molecule has 0 fully saturated rings. The predicted octanol–water partition coefficient (Wildman–Crippen LogP) is 5.44. The fraction of sp³-hybridized carbons (Fsp3) is 0.333. The predicted molar refractivity (Wildman–Crippen MR) is 112 cm³/mol. The maximum atomic E-state index is 6.13. The van der Waals surface area contributed by atoms with Crippen molar-refractivity contribution in [3.63, 3.8) is 0 Å². The number of hydrogen-bond acceptors (Lipinski definition) is 3. The van der Waals surface area contributed by atoms with Gasteiger partial charge in [-0.3, -0.25) is 0 Å². The van der Waals surface area contributed by atoms with Gasteiger partial charge in [-0.2, -0.15) is 15.0 Å². The van der Waals surface area contributed by atoms with Gasteiger partial charge in [-0.05, 0) is 36.6 Å². The van der Waals surface area contributed by atoms with Gasteiger partial charge in [0.2, 0.25) is 0 Å². The van der Waals surface area contributed by atoms with E-state index in [2.05, 4.69) is 31.3 Å². The van der Waals surface area contributed by atoms with Gasteiger partial charge in [0.05, 0.1) is 16.6 Å². The van der Waals surface area contributed by atoms with Gasteiger partial charge in [-0.1, -0.05) is 73.4 Å². The molecule has 0 saturated carbocycles. The van der Waals surface area contributed by atoms with E-state index in [9.17, 15) is 0 Å². The average molecular weight is 403 g/mol. The fourth-order valence-electron chi connectivity index (χ4n) is 2.79. The largest absolute Gasteiger partial charge is 0.311 e. The summed E-state index contributed by atoms with van der Waals surface area (Å²) < 4.78 is 0. The van der Waals surface area contributed by atoms with E-state index in [0.717, 1.165) is 35.5 Å². The van der Waals surface area contributed by atoms with Crippen LogP contribution in [0.4, 0.5) is 0 Å². The lowest BCUT2D eigenvalue weighted by Crippen LogP contribution is -2.17. The zero-order valence-electron chi connectivity index (χ0n) is 15.6. The minimum absolute atomic E-state index is 0.542. The van der Waals surface area contributed by atoms with E-state index in [-0.39, 0.29) is 0 Å². The summed E-state index contributed by atoms with van der Waals surface area (Å²) in [6, 6.07) is 15.8. The third-order valence-electron chi connectivity index (χ3n) is 4.27. The van der Waals surface area contributed by atoms with Crippen LogP contribution >= 0.6 is 23.2 Å². The van der Waals surface area contributed by atoms with E-state index in [4.69, 9.17) is 33.4 Å². The first-order valence-electron chi connectivity index (χ1n) is 9.17. The highest BCUT2D eigenvalue weighted by atomic mass is 35.5. The van der Waals surface area contributed by atoms with Gasteiger partial charge in [0.15, 0.2) is 0 Å². The maximum absolute atomic E-state index is 6.13. The van der Waals surface area contributed by atoms with Gasteiger partial charge < -0.3 is 5.32 Å². The Morgan fingerprint density at radius 1 is 1.00 bits per heavy atom. The third kappa shape index (κ3) is 5.55. The Balaban J connectivity index is 1.81.